The Morgan fingerprint density at radius 2 is 2.12 bits per heavy atom. The summed E-state index contributed by atoms with van der Waals surface area (Å²) in [6.07, 6.45) is -5.37. The lowest BCUT2D eigenvalue weighted by molar-refractivity contribution is -0.164. The first kappa shape index (κ1) is 13.3. The van der Waals surface area contributed by atoms with Crippen molar-refractivity contribution < 1.29 is 27.8 Å². The molecule has 0 saturated carbocycles. The monoisotopic (exact) mass is 248 g/mol. The molecular weight excluding hydrogens is 237 g/mol. The summed E-state index contributed by atoms with van der Waals surface area (Å²) in [5.74, 6) is -3.20. The normalized spacial score (nSPS) is 13.2. The van der Waals surface area contributed by atoms with Crippen LogP contribution in [0.5, 0.6) is 5.75 Å². The number of hydrogen-bond acceptors (Lipinski definition) is 3. The van der Waals surface area contributed by atoms with Gasteiger partial charge < -0.3 is 9.84 Å². The zero-order chi connectivity index (χ0) is 13.1. The van der Waals surface area contributed by atoms with Crippen LogP contribution in [0, 0.1) is 0 Å². The Morgan fingerprint density at radius 3 is 2.59 bits per heavy atom. The van der Waals surface area contributed by atoms with E-state index in [0.717, 1.165) is 13.2 Å². The van der Waals surface area contributed by atoms with Crippen LogP contribution in [-0.4, -0.2) is 24.4 Å². The highest BCUT2D eigenvalue weighted by molar-refractivity contribution is 5.70. The highest BCUT2D eigenvalue weighted by Gasteiger charge is 2.42. The van der Waals surface area contributed by atoms with Crippen molar-refractivity contribution in [2.24, 2.45) is 0 Å². The maximum Gasteiger partial charge on any atom is 0.396 e. The minimum atomic E-state index is -4.57. The zero-order valence-electron chi connectivity index (χ0n) is 8.99. The van der Waals surface area contributed by atoms with Gasteiger partial charge in [-0.25, -0.2) is 0 Å². The van der Waals surface area contributed by atoms with Gasteiger partial charge in [-0.15, -0.1) is 0 Å². The molecule has 1 aromatic carbocycles. The fourth-order valence-electron chi connectivity index (χ4n) is 1.41. The van der Waals surface area contributed by atoms with Crippen molar-refractivity contribution in [1.82, 2.24) is 0 Å². The maximum atomic E-state index is 12.7. The molecule has 94 valence electrons. The molecule has 0 fully saturated rings. The Morgan fingerprint density at radius 1 is 1.47 bits per heavy atom. The smallest absolute Gasteiger partial charge is 0.396 e. The van der Waals surface area contributed by atoms with E-state index in [-0.39, 0.29) is 11.3 Å². The minimum absolute atomic E-state index is 0.164. The summed E-state index contributed by atoms with van der Waals surface area (Å²) in [4.78, 5) is 10.9. The van der Waals surface area contributed by atoms with Crippen molar-refractivity contribution in [2.75, 3.05) is 7.11 Å². The number of phenols is 1. The van der Waals surface area contributed by atoms with Crippen molar-refractivity contribution in [1.29, 1.82) is 0 Å². The van der Waals surface area contributed by atoms with Crippen molar-refractivity contribution in [2.45, 2.75) is 18.5 Å². The van der Waals surface area contributed by atoms with E-state index in [1.165, 1.54) is 18.2 Å². The fourth-order valence-corrected chi connectivity index (χ4v) is 1.41. The molecule has 0 unspecified atom stereocenters. The standard InChI is InChI=1S/C11H11F3O3/c1-17-10(16)6-9(11(12,13)14)7-3-2-4-8(15)5-7/h2-5,9,15H,6H2,1H3/t9-/m1/s1. The first-order chi connectivity index (χ1) is 7.84. The lowest BCUT2D eigenvalue weighted by atomic mass is 9.95. The molecule has 0 radical (unpaired) electrons. The van der Waals surface area contributed by atoms with Crippen LogP contribution < -0.4 is 0 Å². The summed E-state index contributed by atoms with van der Waals surface area (Å²) in [5, 5.41) is 9.14. The first-order valence-electron chi connectivity index (χ1n) is 4.77. The summed E-state index contributed by atoms with van der Waals surface area (Å²) < 4.78 is 42.5. The van der Waals surface area contributed by atoms with Gasteiger partial charge in [-0.2, -0.15) is 13.2 Å². The summed E-state index contributed by atoms with van der Waals surface area (Å²) >= 11 is 0. The number of methoxy groups -OCH3 is 1. The molecule has 1 aromatic rings. The molecule has 0 saturated heterocycles. The fraction of sp³-hybridized carbons (Fsp3) is 0.364. The van der Waals surface area contributed by atoms with E-state index in [4.69, 9.17) is 5.11 Å². The van der Waals surface area contributed by atoms with Crippen molar-refractivity contribution >= 4 is 5.97 Å². The van der Waals surface area contributed by atoms with E-state index in [2.05, 4.69) is 4.74 Å². The Kier molecular flexibility index (Phi) is 3.98. The average molecular weight is 248 g/mol. The van der Waals surface area contributed by atoms with Gasteiger partial charge >= 0.3 is 12.1 Å². The molecule has 17 heavy (non-hydrogen) atoms. The Balaban J connectivity index is 3.02. The quantitative estimate of drug-likeness (QED) is 0.836. The van der Waals surface area contributed by atoms with Gasteiger partial charge in [0.25, 0.3) is 0 Å². The molecule has 1 rings (SSSR count). The Bertz CT molecular complexity index is 401. The number of carbonyl (C=O) groups is 1. The molecule has 0 spiro atoms. The second-order valence-electron chi connectivity index (χ2n) is 3.47. The summed E-state index contributed by atoms with van der Waals surface area (Å²) in [5.41, 5.74) is -0.164. The molecule has 1 N–H and O–H groups in total. The number of hydrogen-bond donors (Lipinski definition) is 1. The number of benzene rings is 1. The third-order valence-electron chi connectivity index (χ3n) is 2.27. The molecule has 0 aromatic heterocycles. The van der Waals surface area contributed by atoms with Gasteiger partial charge in [0.2, 0.25) is 0 Å². The molecular formula is C11H11F3O3. The van der Waals surface area contributed by atoms with E-state index in [1.807, 2.05) is 0 Å². The molecule has 1 atom stereocenters. The van der Waals surface area contributed by atoms with Crippen LogP contribution in [-0.2, 0) is 9.53 Å². The van der Waals surface area contributed by atoms with Crippen LogP contribution >= 0.6 is 0 Å². The average Bonchev–Trinajstić information content (AvgIpc) is 2.23. The number of phenolic OH excluding ortho intramolecular Hbond substituents is 1. The molecule has 0 aliphatic heterocycles. The van der Waals surface area contributed by atoms with Gasteiger partial charge in [-0.05, 0) is 17.7 Å². The number of alkyl halides is 3. The number of halogens is 3. The minimum Gasteiger partial charge on any atom is -0.508 e. The van der Waals surface area contributed by atoms with Crippen molar-refractivity contribution in [3.63, 3.8) is 0 Å². The predicted octanol–water partition coefficient (Wildman–Crippen LogP) is 2.60. The van der Waals surface area contributed by atoms with Crippen LogP contribution in [0.25, 0.3) is 0 Å². The molecule has 3 nitrogen and oxygen atoms in total. The Hall–Kier alpha value is -1.72. The highest BCUT2D eigenvalue weighted by atomic mass is 19.4. The predicted molar refractivity (Wildman–Crippen MR) is 53.5 cm³/mol. The second-order valence-corrected chi connectivity index (χ2v) is 3.47. The maximum absolute atomic E-state index is 12.7. The third-order valence-corrected chi connectivity index (χ3v) is 2.27. The molecule has 0 heterocycles. The molecule has 0 aliphatic carbocycles. The summed E-state index contributed by atoms with van der Waals surface area (Å²) in [6, 6.07) is 4.75. The number of ether oxygens (including phenoxy) is 1. The van der Waals surface area contributed by atoms with E-state index in [1.54, 1.807) is 0 Å². The highest BCUT2D eigenvalue weighted by Crippen LogP contribution is 2.38. The van der Waals surface area contributed by atoms with Crippen LogP contribution in [0.3, 0.4) is 0 Å². The number of rotatable bonds is 3. The van der Waals surface area contributed by atoms with Crippen LogP contribution in [0.15, 0.2) is 24.3 Å². The van der Waals surface area contributed by atoms with E-state index in [9.17, 15) is 18.0 Å². The number of carbonyl (C=O) groups excluding carboxylic acids is 1. The van der Waals surface area contributed by atoms with Gasteiger partial charge in [0, 0.05) is 0 Å². The number of esters is 1. The molecule has 0 amide bonds. The van der Waals surface area contributed by atoms with E-state index >= 15 is 0 Å². The van der Waals surface area contributed by atoms with Gasteiger partial charge in [0.1, 0.15) is 5.75 Å². The van der Waals surface area contributed by atoms with E-state index < -0.39 is 24.5 Å². The Labute approximate surface area is 95.8 Å². The van der Waals surface area contributed by atoms with Gasteiger partial charge in [0.05, 0.1) is 19.4 Å². The second kappa shape index (κ2) is 5.07. The van der Waals surface area contributed by atoms with Crippen LogP contribution in [0.2, 0.25) is 0 Å². The molecule has 0 bridgehead atoms. The summed E-state index contributed by atoms with van der Waals surface area (Å²) in [6.45, 7) is 0. The van der Waals surface area contributed by atoms with Gasteiger partial charge in [0.15, 0.2) is 0 Å². The lowest BCUT2D eigenvalue weighted by Gasteiger charge is -2.19. The zero-order valence-corrected chi connectivity index (χ0v) is 8.99. The van der Waals surface area contributed by atoms with Crippen LogP contribution in [0.1, 0.15) is 17.9 Å². The summed E-state index contributed by atoms with van der Waals surface area (Å²) in [7, 11) is 1.03. The topological polar surface area (TPSA) is 46.5 Å². The molecule has 0 aliphatic rings. The van der Waals surface area contributed by atoms with Crippen molar-refractivity contribution in [3.8, 4) is 5.75 Å². The van der Waals surface area contributed by atoms with E-state index in [0.29, 0.717) is 0 Å². The number of aromatic hydroxyl groups is 1. The van der Waals surface area contributed by atoms with Crippen molar-refractivity contribution in [3.05, 3.63) is 29.8 Å². The SMILES string of the molecule is COC(=O)C[C@H](c1cccc(O)c1)C(F)(F)F. The van der Waals surface area contributed by atoms with Gasteiger partial charge in [-0.3, -0.25) is 4.79 Å². The first-order valence-corrected chi connectivity index (χ1v) is 4.77. The molecule has 6 heteroatoms. The largest absolute Gasteiger partial charge is 0.508 e. The van der Waals surface area contributed by atoms with Gasteiger partial charge in [-0.1, -0.05) is 12.1 Å². The third kappa shape index (κ3) is 3.65. The lowest BCUT2D eigenvalue weighted by Crippen LogP contribution is -2.24. The van der Waals surface area contributed by atoms with Crippen LogP contribution in [0.4, 0.5) is 13.2 Å².